The summed E-state index contributed by atoms with van der Waals surface area (Å²) in [5, 5.41) is 2.97. The van der Waals surface area contributed by atoms with Crippen LogP contribution in [0.2, 0.25) is 0 Å². The fourth-order valence-corrected chi connectivity index (χ4v) is 6.50. The minimum absolute atomic E-state index is 0.00350. The van der Waals surface area contributed by atoms with Crippen LogP contribution in [0.1, 0.15) is 31.4 Å². The van der Waals surface area contributed by atoms with E-state index >= 15 is 4.39 Å². The van der Waals surface area contributed by atoms with Crippen molar-refractivity contribution in [1.29, 1.82) is 0 Å². The van der Waals surface area contributed by atoms with Crippen LogP contribution in [0.25, 0.3) is 0 Å². The van der Waals surface area contributed by atoms with Gasteiger partial charge in [-0.1, -0.05) is 95.7 Å². The van der Waals surface area contributed by atoms with E-state index in [-0.39, 0.29) is 35.2 Å². The second-order valence-corrected chi connectivity index (χ2v) is 13.2. The fraction of sp³-hybridized carbons (Fsp3) is 0.235. The van der Waals surface area contributed by atoms with Crippen molar-refractivity contribution in [2.45, 2.75) is 50.2 Å². The van der Waals surface area contributed by atoms with Gasteiger partial charge >= 0.3 is 0 Å². The van der Waals surface area contributed by atoms with Crippen molar-refractivity contribution in [3.63, 3.8) is 0 Å². The molecule has 4 aromatic rings. The van der Waals surface area contributed by atoms with E-state index < -0.39 is 40.2 Å². The zero-order valence-corrected chi connectivity index (χ0v) is 27.0. The first-order valence-corrected chi connectivity index (χ1v) is 16.5. The summed E-state index contributed by atoms with van der Waals surface area (Å²) in [5.41, 5.74) is 1.25. The highest BCUT2D eigenvalue weighted by Crippen LogP contribution is 2.27. The van der Waals surface area contributed by atoms with Crippen LogP contribution in [0, 0.1) is 5.82 Å². The monoisotopic (exact) mass is 679 g/mol. The van der Waals surface area contributed by atoms with Crippen molar-refractivity contribution in [2.75, 3.05) is 10.8 Å². The summed E-state index contributed by atoms with van der Waals surface area (Å²) in [4.78, 5) is 29.5. The number of hydrogen-bond donors (Lipinski definition) is 1. The lowest BCUT2D eigenvalue weighted by Crippen LogP contribution is -2.54. The van der Waals surface area contributed by atoms with E-state index in [4.69, 9.17) is 0 Å². The summed E-state index contributed by atoms with van der Waals surface area (Å²) >= 11 is 3.40. The second-order valence-electron chi connectivity index (χ2n) is 10.4. The van der Waals surface area contributed by atoms with Gasteiger partial charge < -0.3 is 10.2 Å². The molecule has 10 heteroatoms. The third-order valence-electron chi connectivity index (χ3n) is 7.28. The third kappa shape index (κ3) is 8.33. The molecule has 0 saturated carbocycles. The predicted octanol–water partition coefficient (Wildman–Crippen LogP) is 6.34. The van der Waals surface area contributed by atoms with Crippen LogP contribution >= 0.6 is 15.9 Å². The Hall–Kier alpha value is -4.02. The molecule has 0 spiro atoms. The maximum atomic E-state index is 15.0. The first kappa shape index (κ1) is 32.9. The number of nitrogens with zero attached hydrogens (tertiary/aromatic N) is 2. The van der Waals surface area contributed by atoms with Gasteiger partial charge in [0.15, 0.2) is 0 Å². The molecular weight excluding hydrogens is 645 g/mol. The van der Waals surface area contributed by atoms with Gasteiger partial charge in [0.25, 0.3) is 10.0 Å². The number of sulfonamides is 1. The Morgan fingerprint density at radius 1 is 0.886 bits per heavy atom. The molecule has 0 heterocycles. The first-order chi connectivity index (χ1) is 21.1. The molecule has 4 aromatic carbocycles. The molecule has 0 aliphatic rings. The molecule has 0 unspecified atom stereocenters. The number of nitrogens with one attached hydrogen (secondary N) is 1. The number of hydrogen-bond acceptors (Lipinski definition) is 4. The van der Waals surface area contributed by atoms with Gasteiger partial charge in [-0.25, -0.2) is 12.8 Å². The van der Waals surface area contributed by atoms with Crippen molar-refractivity contribution in [1.82, 2.24) is 10.2 Å². The molecule has 0 saturated heterocycles. The van der Waals surface area contributed by atoms with Gasteiger partial charge in [-0.15, -0.1) is 0 Å². The third-order valence-corrected chi connectivity index (χ3v) is 9.56. The lowest BCUT2D eigenvalue weighted by atomic mass is 10.0. The molecular formula is C34H35BrFN3O4S. The van der Waals surface area contributed by atoms with Gasteiger partial charge in [0.1, 0.15) is 18.4 Å². The maximum Gasteiger partial charge on any atom is 0.264 e. The average Bonchev–Trinajstić information content (AvgIpc) is 3.03. The summed E-state index contributed by atoms with van der Waals surface area (Å²) in [6, 6.07) is 28.5. The molecule has 0 fully saturated rings. The number of carbonyl (C=O) groups is 2. The number of carbonyl (C=O) groups excluding carboxylic acids is 2. The molecule has 2 atom stereocenters. The number of halogens is 2. The molecule has 7 nitrogen and oxygen atoms in total. The minimum atomic E-state index is -4.22. The second kappa shape index (κ2) is 15.1. The zero-order valence-electron chi connectivity index (χ0n) is 24.6. The standard InChI is InChI=1S/C34H35BrFN3O4S/c1-3-25(2)37-34(41)32(21-26-13-6-4-7-14-26)38(23-27-15-10-11-20-31(27)36)33(40)24-39(29-17-12-16-28(35)22-29)44(42,43)30-18-8-5-9-19-30/h4-20,22,25,32H,3,21,23-24H2,1-2H3,(H,37,41)/t25-,32+/m1/s1. The number of anilines is 1. The van der Waals surface area contributed by atoms with Crippen molar-refractivity contribution in [3.05, 3.63) is 131 Å². The molecule has 44 heavy (non-hydrogen) atoms. The summed E-state index contributed by atoms with van der Waals surface area (Å²) < 4.78 is 44.6. The summed E-state index contributed by atoms with van der Waals surface area (Å²) in [7, 11) is -4.22. The summed E-state index contributed by atoms with van der Waals surface area (Å²) in [5.74, 6) is -1.60. The smallest absolute Gasteiger partial charge is 0.264 e. The van der Waals surface area contributed by atoms with E-state index in [1.165, 1.54) is 23.1 Å². The van der Waals surface area contributed by atoms with Crippen LogP contribution in [0.4, 0.5) is 10.1 Å². The molecule has 0 aliphatic heterocycles. The van der Waals surface area contributed by atoms with Gasteiger partial charge in [-0.3, -0.25) is 13.9 Å². The van der Waals surface area contributed by atoms with Gasteiger partial charge in [0, 0.05) is 29.0 Å². The molecule has 230 valence electrons. The van der Waals surface area contributed by atoms with Crippen LogP contribution < -0.4 is 9.62 Å². The summed E-state index contributed by atoms with van der Waals surface area (Å²) in [6.07, 6.45) is 0.808. The SMILES string of the molecule is CC[C@@H](C)NC(=O)[C@H](Cc1ccccc1)N(Cc1ccccc1F)C(=O)CN(c1cccc(Br)c1)S(=O)(=O)c1ccccc1. The molecule has 4 rings (SSSR count). The Balaban J connectivity index is 1.81. The highest BCUT2D eigenvalue weighted by atomic mass is 79.9. The molecule has 2 amide bonds. The largest absolute Gasteiger partial charge is 0.352 e. The Labute approximate surface area is 266 Å². The molecule has 0 aliphatic carbocycles. The Morgan fingerprint density at radius 3 is 2.16 bits per heavy atom. The highest BCUT2D eigenvalue weighted by molar-refractivity contribution is 9.10. The normalized spacial score (nSPS) is 12.6. The average molecular weight is 681 g/mol. The van der Waals surface area contributed by atoms with Crippen molar-refractivity contribution < 1.29 is 22.4 Å². The van der Waals surface area contributed by atoms with Crippen molar-refractivity contribution in [3.8, 4) is 0 Å². The van der Waals surface area contributed by atoms with Gasteiger partial charge in [-0.05, 0) is 55.3 Å². The highest BCUT2D eigenvalue weighted by Gasteiger charge is 2.35. The zero-order chi connectivity index (χ0) is 31.7. The lowest BCUT2D eigenvalue weighted by molar-refractivity contribution is -0.140. The van der Waals surface area contributed by atoms with Crippen molar-refractivity contribution in [2.24, 2.45) is 0 Å². The molecule has 0 aromatic heterocycles. The predicted molar refractivity (Wildman–Crippen MR) is 174 cm³/mol. The minimum Gasteiger partial charge on any atom is -0.352 e. The first-order valence-electron chi connectivity index (χ1n) is 14.3. The van der Waals surface area contributed by atoms with E-state index in [0.717, 1.165) is 9.87 Å². The Bertz CT molecular complexity index is 1670. The van der Waals surface area contributed by atoms with E-state index in [1.807, 2.05) is 44.2 Å². The lowest BCUT2D eigenvalue weighted by Gasteiger charge is -2.34. The maximum absolute atomic E-state index is 15.0. The van der Waals surface area contributed by atoms with Crippen LogP contribution in [0.5, 0.6) is 0 Å². The number of amides is 2. The van der Waals surface area contributed by atoms with Gasteiger partial charge in [0.2, 0.25) is 11.8 Å². The molecule has 0 bridgehead atoms. The van der Waals surface area contributed by atoms with Gasteiger partial charge in [0.05, 0.1) is 10.6 Å². The molecule has 0 radical (unpaired) electrons. The van der Waals surface area contributed by atoms with Crippen LogP contribution in [0.3, 0.4) is 0 Å². The van der Waals surface area contributed by atoms with Gasteiger partial charge in [-0.2, -0.15) is 0 Å². The Kier molecular flexibility index (Phi) is 11.3. The molecule has 1 N–H and O–H groups in total. The quantitative estimate of drug-likeness (QED) is 0.179. The topological polar surface area (TPSA) is 86.8 Å². The van der Waals surface area contributed by atoms with Crippen LogP contribution in [-0.4, -0.2) is 43.8 Å². The number of benzene rings is 4. The van der Waals surface area contributed by atoms with E-state index in [1.54, 1.807) is 60.7 Å². The number of rotatable bonds is 13. The summed E-state index contributed by atoms with van der Waals surface area (Å²) in [6.45, 7) is 2.93. The van der Waals surface area contributed by atoms with Crippen molar-refractivity contribution >= 4 is 43.5 Å². The van der Waals surface area contributed by atoms with E-state index in [2.05, 4.69) is 21.2 Å². The Morgan fingerprint density at radius 2 is 1.52 bits per heavy atom. The van der Waals surface area contributed by atoms with Crippen LogP contribution in [-0.2, 0) is 32.6 Å². The van der Waals surface area contributed by atoms with E-state index in [0.29, 0.717) is 10.9 Å². The fourth-order valence-electron chi connectivity index (χ4n) is 4.68. The van der Waals surface area contributed by atoms with E-state index in [9.17, 15) is 18.0 Å². The van der Waals surface area contributed by atoms with Crippen LogP contribution in [0.15, 0.2) is 119 Å².